The minimum Gasteiger partial charge on any atom is -0.497 e. The lowest BCUT2D eigenvalue weighted by Gasteiger charge is -2.29. The molecular weight excluding hydrogens is 266 g/mol. The Morgan fingerprint density at radius 2 is 2.05 bits per heavy atom. The van der Waals surface area contributed by atoms with E-state index in [4.69, 9.17) is 10.5 Å². The minimum absolute atomic E-state index is 0.116. The number of ether oxygens (including phenoxy) is 1. The van der Waals surface area contributed by atoms with Crippen molar-refractivity contribution in [2.45, 2.75) is 19.9 Å². The van der Waals surface area contributed by atoms with Gasteiger partial charge in [-0.1, -0.05) is 12.1 Å². The predicted molar refractivity (Wildman–Crippen MR) is 83.3 cm³/mol. The maximum absolute atomic E-state index is 12.3. The van der Waals surface area contributed by atoms with E-state index in [-0.39, 0.29) is 5.91 Å². The van der Waals surface area contributed by atoms with Crippen molar-refractivity contribution >= 4 is 11.6 Å². The zero-order chi connectivity index (χ0) is 15.4. The number of carbonyl (C=O) groups excluding carboxylic acids is 1. The van der Waals surface area contributed by atoms with Crippen LogP contribution in [0.2, 0.25) is 0 Å². The van der Waals surface area contributed by atoms with E-state index in [1.807, 2.05) is 31.2 Å². The van der Waals surface area contributed by atoms with Gasteiger partial charge in [-0.25, -0.2) is 0 Å². The molecule has 1 aromatic rings. The number of methoxy groups -OCH3 is 1. The molecule has 5 nitrogen and oxygen atoms in total. The summed E-state index contributed by atoms with van der Waals surface area (Å²) >= 11 is 0. The van der Waals surface area contributed by atoms with Crippen LogP contribution in [0.5, 0.6) is 5.75 Å². The number of hydrogen-bond donors (Lipinski definition) is 1. The van der Waals surface area contributed by atoms with Gasteiger partial charge in [-0.15, -0.1) is 0 Å². The molecule has 0 aliphatic carbocycles. The Balaban J connectivity index is 2.13. The summed E-state index contributed by atoms with van der Waals surface area (Å²) in [6, 6.07) is 7.70. The summed E-state index contributed by atoms with van der Waals surface area (Å²) < 4.78 is 5.13. The van der Waals surface area contributed by atoms with Gasteiger partial charge >= 0.3 is 0 Å². The second kappa shape index (κ2) is 6.43. The summed E-state index contributed by atoms with van der Waals surface area (Å²) in [4.78, 5) is 18.2. The smallest absolute Gasteiger partial charge is 0.270 e. The molecule has 0 saturated carbocycles. The molecule has 1 amide bonds. The van der Waals surface area contributed by atoms with Gasteiger partial charge in [0.2, 0.25) is 0 Å². The molecular formula is C16H21N3O2. The van der Waals surface area contributed by atoms with E-state index in [0.717, 1.165) is 29.0 Å². The summed E-state index contributed by atoms with van der Waals surface area (Å²) in [5.41, 5.74) is 9.06. The Labute approximate surface area is 125 Å². The van der Waals surface area contributed by atoms with E-state index in [2.05, 4.69) is 4.99 Å². The molecule has 0 fully saturated rings. The minimum atomic E-state index is -0.116. The van der Waals surface area contributed by atoms with E-state index >= 15 is 0 Å². The first-order chi connectivity index (χ1) is 10.1. The zero-order valence-electron chi connectivity index (χ0n) is 12.7. The molecule has 0 radical (unpaired) electrons. The third kappa shape index (κ3) is 3.24. The summed E-state index contributed by atoms with van der Waals surface area (Å²) in [6.45, 7) is 3.10. The fraction of sp³-hybridized carbons (Fsp3) is 0.375. The van der Waals surface area contributed by atoms with Crippen LogP contribution in [-0.2, 0) is 11.3 Å². The van der Waals surface area contributed by atoms with Gasteiger partial charge in [0.25, 0.3) is 5.91 Å². The van der Waals surface area contributed by atoms with Crippen LogP contribution in [0.4, 0.5) is 0 Å². The van der Waals surface area contributed by atoms with Crippen LogP contribution in [0.1, 0.15) is 18.9 Å². The fourth-order valence-corrected chi connectivity index (χ4v) is 2.40. The Morgan fingerprint density at radius 1 is 1.38 bits per heavy atom. The Hall–Kier alpha value is -2.30. The van der Waals surface area contributed by atoms with Crippen LogP contribution < -0.4 is 10.5 Å². The van der Waals surface area contributed by atoms with Crippen molar-refractivity contribution in [3.63, 3.8) is 0 Å². The number of rotatable bonds is 4. The van der Waals surface area contributed by atoms with Gasteiger partial charge in [0.05, 0.1) is 7.11 Å². The normalized spacial score (nSPS) is 16.4. The van der Waals surface area contributed by atoms with Crippen molar-refractivity contribution in [2.75, 3.05) is 20.7 Å². The van der Waals surface area contributed by atoms with Crippen molar-refractivity contribution in [3.05, 3.63) is 41.1 Å². The predicted octanol–water partition coefficient (Wildman–Crippen LogP) is 1.73. The average molecular weight is 287 g/mol. The highest BCUT2D eigenvalue weighted by molar-refractivity contribution is 6.07. The quantitative estimate of drug-likeness (QED) is 0.858. The lowest BCUT2D eigenvalue weighted by Crippen LogP contribution is -2.40. The molecule has 21 heavy (non-hydrogen) atoms. The van der Waals surface area contributed by atoms with E-state index in [1.54, 1.807) is 19.1 Å². The summed E-state index contributed by atoms with van der Waals surface area (Å²) in [7, 11) is 3.34. The molecule has 1 aromatic carbocycles. The first-order valence-corrected chi connectivity index (χ1v) is 6.91. The molecule has 0 aromatic heterocycles. The molecule has 1 aliphatic heterocycles. The highest BCUT2D eigenvalue weighted by atomic mass is 16.5. The number of amides is 1. The first kappa shape index (κ1) is 15.1. The molecule has 0 spiro atoms. The molecule has 2 rings (SSSR count). The highest BCUT2D eigenvalue weighted by Crippen LogP contribution is 2.20. The number of carbonyl (C=O) groups is 1. The number of nitrogens with two attached hydrogens (primary N) is 1. The van der Waals surface area contributed by atoms with E-state index in [0.29, 0.717) is 18.8 Å². The third-order valence-electron chi connectivity index (χ3n) is 3.78. The van der Waals surface area contributed by atoms with Gasteiger partial charge in [0.15, 0.2) is 0 Å². The standard InChI is InChI=1S/C16H21N3O2/c1-11(18-2)14-8-9-19(16(20)15(14)17)10-12-4-6-13(21-3)7-5-12/h4-7H,8-10,17H2,1-3H3. The number of hydrogen-bond acceptors (Lipinski definition) is 4. The maximum Gasteiger partial charge on any atom is 0.270 e. The molecule has 5 heteroatoms. The van der Waals surface area contributed by atoms with Crippen LogP contribution in [0.3, 0.4) is 0 Å². The number of aliphatic imine (C=N–C) groups is 1. The second-order valence-electron chi connectivity index (χ2n) is 5.03. The van der Waals surface area contributed by atoms with Gasteiger partial charge in [-0.3, -0.25) is 9.79 Å². The SMILES string of the molecule is CN=C(C)C1=C(N)C(=O)N(Cc2ccc(OC)cc2)CC1. The van der Waals surface area contributed by atoms with Crippen molar-refractivity contribution in [1.29, 1.82) is 0 Å². The van der Waals surface area contributed by atoms with Gasteiger partial charge < -0.3 is 15.4 Å². The summed E-state index contributed by atoms with van der Waals surface area (Å²) in [5.74, 6) is 0.690. The molecule has 2 N–H and O–H groups in total. The summed E-state index contributed by atoms with van der Waals surface area (Å²) in [5, 5.41) is 0. The van der Waals surface area contributed by atoms with Gasteiger partial charge in [-0.2, -0.15) is 0 Å². The molecule has 0 unspecified atom stereocenters. The van der Waals surface area contributed by atoms with Crippen LogP contribution in [0.15, 0.2) is 40.5 Å². The number of nitrogens with zero attached hydrogens (tertiary/aromatic N) is 2. The topological polar surface area (TPSA) is 67.9 Å². The molecule has 0 saturated heterocycles. The Morgan fingerprint density at radius 3 is 2.62 bits per heavy atom. The van der Waals surface area contributed by atoms with Gasteiger partial charge in [-0.05, 0) is 31.0 Å². The fourth-order valence-electron chi connectivity index (χ4n) is 2.40. The Bertz CT molecular complexity index is 588. The molecule has 112 valence electrons. The monoisotopic (exact) mass is 287 g/mol. The van der Waals surface area contributed by atoms with E-state index in [9.17, 15) is 4.79 Å². The average Bonchev–Trinajstić information content (AvgIpc) is 2.52. The van der Waals surface area contributed by atoms with Crippen LogP contribution in [0.25, 0.3) is 0 Å². The van der Waals surface area contributed by atoms with E-state index < -0.39 is 0 Å². The first-order valence-electron chi connectivity index (χ1n) is 6.91. The maximum atomic E-state index is 12.3. The van der Waals surface area contributed by atoms with Gasteiger partial charge in [0.1, 0.15) is 11.4 Å². The molecule has 1 aliphatic rings. The van der Waals surface area contributed by atoms with Crippen LogP contribution in [-0.4, -0.2) is 37.2 Å². The second-order valence-corrected chi connectivity index (χ2v) is 5.03. The van der Waals surface area contributed by atoms with Crippen LogP contribution >= 0.6 is 0 Å². The lowest BCUT2D eigenvalue weighted by molar-refractivity contribution is -0.128. The van der Waals surface area contributed by atoms with Gasteiger partial charge in [0, 0.05) is 31.4 Å². The summed E-state index contributed by atoms with van der Waals surface area (Å²) in [6.07, 6.45) is 0.747. The van der Waals surface area contributed by atoms with Crippen molar-refractivity contribution in [1.82, 2.24) is 4.90 Å². The Kier molecular flexibility index (Phi) is 4.62. The lowest BCUT2D eigenvalue weighted by atomic mass is 10.00. The van der Waals surface area contributed by atoms with E-state index in [1.165, 1.54) is 0 Å². The molecule has 0 atom stereocenters. The van der Waals surface area contributed by atoms with Crippen molar-refractivity contribution in [2.24, 2.45) is 10.7 Å². The van der Waals surface area contributed by atoms with Crippen molar-refractivity contribution < 1.29 is 9.53 Å². The largest absolute Gasteiger partial charge is 0.497 e. The van der Waals surface area contributed by atoms with Crippen molar-refractivity contribution in [3.8, 4) is 5.75 Å². The third-order valence-corrected chi connectivity index (χ3v) is 3.78. The molecule has 1 heterocycles. The highest BCUT2D eigenvalue weighted by Gasteiger charge is 2.26. The van der Waals surface area contributed by atoms with Crippen LogP contribution in [0, 0.1) is 0 Å². The number of benzene rings is 1. The molecule has 0 bridgehead atoms. The zero-order valence-corrected chi connectivity index (χ0v) is 12.7.